The fraction of sp³-hybridized carbons (Fsp3) is 0.0909. The van der Waals surface area contributed by atoms with Crippen LogP contribution in [-0.2, 0) is 0 Å². The Morgan fingerprint density at radius 3 is 2.81 bits per heavy atom. The lowest BCUT2D eigenvalue weighted by Gasteiger charge is -2.08. The molecule has 0 atom stereocenters. The van der Waals surface area contributed by atoms with Crippen molar-refractivity contribution in [3.8, 4) is 0 Å². The van der Waals surface area contributed by atoms with Gasteiger partial charge in [-0.05, 0) is 31.3 Å². The highest BCUT2D eigenvalue weighted by molar-refractivity contribution is 7.71. The minimum atomic E-state index is -0.168. The standard InChI is InChI=1S/C11H11N3OS/c1-7-9(13-11(16)14-10(7)15)8-5-3-2-4-6-12-8/h2-6,12H,1H3,(H2,13,14,15,16). The number of allylic oxidation sites excluding steroid dienone is 4. The third-order valence-corrected chi connectivity index (χ3v) is 2.47. The minimum absolute atomic E-state index is 0.168. The van der Waals surface area contributed by atoms with Crippen LogP contribution in [-0.4, -0.2) is 9.97 Å². The van der Waals surface area contributed by atoms with Crippen LogP contribution in [0.5, 0.6) is 0 Å². The molecule has 1 aromatic rings. The zero-order chi connectivity index (χ0) is 11.5. The van der Waals surface area contributed by atoms with E-state index in [1.54, 1.807) is 13.1 Å². The molecule has 2 heterocycles. The lowest BCUT2D eigenvalue weighted by Crippen LogP contribution is -2.17. The average molecular weight is 233 g/mol. The zero-order valence-electron chi connectivity index (χ0n) is 8.70. The molecule has 1 aliphatic rings. The maximum Gasteiger partial charge on any atom is 0.255 e. The summed E-state index contributed by atoms with van der Waals surface area (Å²) < 4.78 is 0.325. The van der Waals surface area contributed by atoms with E-state index in [4.69, 9.17) is 12.2 Å². The van der Waals surface area contributed by atoms with E-state index in [1.165, 1.54) is 0 Å². The molecule has 0 radical (unpaired) electrons. The van der Waals surface area contributed by atoms with Crippen molar-refractivity contribution >= 4 is 17.9 Å². The van der Waals surface area contributed by atoms with E-state index in [2.05, 4.69) is 15.3 Å². The molecule has 0 saturated heterocycles. The van der Waals surface area contributed by atoms with Crippen LogP contribution in [0, 0.1) is 11.7 Å². The molecule has 5 heteroatoms. The Morgan fingerprint density at radius 2 is 2.00 bits per heavy atom. The predicted octanol–water partition coefficient (Wildman–Crippen LogP) is 1.75. The van der Waals surface area contributed by atoms with Crippen LogP contribution in [0.2, 0.25) is 0 Å². The van der Waals surface area contributed by atoms with E-state index < -0.39 is 0 Å². The van der Waals surface area contributed by atoms with Gasteiger partial charge in [-0.3, -0.25) is 9.78 Å². The van der Waals surface area contributed by atoms with Crippen molar-refractivity contribution in [2.75, 3.05) is 0 Å². The molecule has 0 bridgehead atoms. The topological polar surface area (TPSA) is 60.7 Å². The molecule has 3 N–H and O–H groups in total. The summed E-state index contributed by atoms with van der Waals surface area (Å²) in [5.41, 5.74) is 1.97. The van der Waals surface area contributed by atoms with Crippen LogP contribution >= 0.6 is 12.2 Å². The van der Waals surface area contributed by atoms with Gasteiger partial charge in [0.05, 0.1) is 11.4 Å². The van der Waals surface area contributed by atoms with Crippen molar-refractivity contribution in [2.24, 2.45) is 0 Å². The molecule has 4 nitrogen and oxygen atoms in total. The van der Waals surface area contributed by atoms with Crippen molar-refractivity contribution in [1.82, 2.24) is 15.3 Å². The summed E-state index contributed by atoms with van der Waals surface area (Å²) in [4.78, 5) is 17.1. The van der Waals surface area contributed by atoms with E-state index in [9.17, 15) is 4.79 Å². The Labute approximate surface area is 97.4 Å². The van der Waals surface area contributed by atoms with Crippen molar-refractivity contribution in [3.63, 3.8) is 0 Å². The van der Waals surface area contributed by atoms with Crippen LogP contribution in [0.4, 0.5) is 0 Å². The molecule has 2 rings (SSSR count). The molecule has 0 fully saturated rings. The van der Waals surface area contributed by atoms with Gasteiger partial charge in [0.25, 0.3) is 5.56 Å². The number of aromatic nitrogens is 2. The summed E-state index contributed by atoms with van der Waals surface area (Å²) in [7, 11) is 0. The van der Waals surface area contributed by atoms with E-state index in [1.807, 2.05) is 24.3 Å². The molecule has 0 aromatic carbocycles. The number of nitrogens with one attached hydrogen (secondary N) is 3. The van der Waals surface area contributed by atoms with Crippen molar-refractivity contribution in [1.29, 1.82) is 0 Å². The van der Waals surface area contributed by atoms with Gasteiger partial charge in [-0.25, -0.2) is 0 Å². The predicted molar refractivity (Wildman–Crippen MR) is 66.4 cm³/mol. The maximum atomic E-state index is 11.6. The lowest BCUT2D eigenvalue weighted by molar-refractivity contribution is 1.01. The van der Waals surface area contributed by atoms with E-state index in [0.29, 0.717) is 16.0 Å². The first-order valence-electron chi connectivity index (χ1n) is 4.82. The molecule has 0 amide bonds. The maximum absolute atomic E-state index is 11.6. The summed E-state index contributed by atoms with van der Waals surface area (Å²) in [5.74, 6) is 0. The van der Waals surface area contributed by atoms with Gasteiger partial charge in [-0.15, -0.1) is 0 Å². The molecular formula is C11H11N3OS. The number of hydrogen-bond acceptors (Lipinski definition) is 3. The van der Waals surface area contributed by atoms with Gasteiger partial charge in [0.2, 0.25) is 0 Å². The van der Waals surface area contributed by atoms with Crippen molar-refractivity contribution in [3.05, 3.63) is 56.9 Å². The molecule has 0 saturated carbocycles. The average Bonchev–Trinajstić information content (AvgIpc) is 2.51. The fourth-order valence-electron chi connectivity index (χ4n) is 1.43. The molecule has 1 aliphatic heterocycles. The summed E-state index contributed by atoms with van der Waals surface area (Å²) in [6.07, 6.45) is 9.35. The quantitative estimate of drug-likeness (QED) is 0.648. The van der Waals surface area contributed by atoms with Crippen LogP contribution < -0.4 is 10.9 Å². The van der Waals surface area contributed by atoms with E-state index in [-0.39, 0.29) is 5.56 Å². The number of H-pyrrole nitrogens is 2. The van der Waals surface area contributed by atoms with Gasteiger partial charge in [0, 0.05) is 11.8 Å². The monoisotopic (exact) mass is 233 g/mol. The molecule has 0 unspecified atom stereocenters. The SMILES string of the molecule is Cc1c(C2=CC=CC=CN2)[nH]c(=S)[nH]c1=O. The number of rotatable bonds is 1. The Hall–Kier alpha value is -1.88. The van der Waals surface area contributed by atoms with Crippen molar-refractivity contribution in [2.45, 2.75) is 6.92 Å². The molecule has 82 valence electrons. The Bertz CT molecular complexity index is 604. The molecule has 0 spiro atoms. The van der Waals surface area contributed by atoms with Gasteiger partial charge in [-0.1, -0.05) is 12.2 Å². The van der Waals surface area contributed by atoms with Gasteiger partial charge in [-0.2, -0.15) is 0 Å². The van der Waals surface area contributed by atoms with Crippen molar-refractivity contribution < 1.29 is 0 Å². The third kappa shape index (κ3) is 2.04. The number of aromatic amines is 2. The highest BCUT2D eigenvalue weighted by Crippen LogP contribution is 2.11. The van der Waals surface area contributed by atoms with Gasteiger partial charge in [0.15, 0.2) is 4.77 Å². The second-order valence-electron chi connectivity index (χ2n) is 3.38. The first-order chi connectivity index (χ1) is 7.68. The zero-order valence-corrected chi connectivity index (χ0v) is 9.52. The van der Waals surface area contributed by atoms with Gasteiger partial charge < -0.3 is 10.3 Å². The fourth-order valence-corrected chi connectivity index (χ4v) is 1.63. The second kappa shape index (κ2) is 4.32. The summed E-state index contributed by atoms with van der Waals surface area (Å²) >= 11 is 4.95. The third-order valence-electron chi connectivity index (χ3n) is 2.27. The Balaban J connectivity index is 2.60. The van der Waals surface area contributed by atoms with Crippen LogP contribution in [0.25, 0.3) is 5.70 Å². The Morgan fingerprint density at radius 1 is 1.19 bits per heavy atom. The molecule has 0 aliphatic carbocycles. The molecule has 1 aromatic heterocycles. The van der Waals surface area contributed by atoms with Crippen LogP contribution in [0.3, 0.4) is 0 Å². The first-order valence-corrected chi connectivity index (χ1v) is 5.23. The normalized spacial score (nSPS) is 14.2. The molecule has 16 heavy (non-hydrogen) atoms. The highest BCUT2D eigenvalue weighted by atomic mass is 32.1. The number of hydrogen-bond donors (Lipinski definition) is 3. The van der Waals surface area contributed by atoms with Crippen LogP contribution in [0.1, 0.15) is 11.3 Å². The molecular weight excluding hydrogens is 222 g/mol. The van der Waals surface area contributed by atoms with E-state index in [0.717, 1.165) is 5.70 Å². The van der Waals surface area contributed by atoms with Gasteiger partial charge in [0.1, 0.15) is 0 Å². The first kappa shape index (κ1) is 10.6. The lowest BCUT2D eigenvalue weighted by atomic mass is 10.2. The summed E-state index contributed by atoms with van der Waals surface area (Å²) in [6.45, 7) is 1.75. The summed E-state index contributed by atoms with van der Waals surface area (Å²) in [5, 5.41) is 3.08. The smallest absolute Gasteiger partial charge is 0.255 e. The summed E-state index contributed by atoms with van der Waals surface area (Å²) in [6, 6.07) is 0. The van der Waals surface area contributed by atoms with Gasteiger partial charge >= 0.3 is 0 Å². The van der Waals surface area contributed by atoms with E-state index >= 15 is 0 Å². The minimum Gasteiger partial charge on any atom is -0.360 e. The van der Waals surface area contributed by atoms with Crippen LogP contribution in [0.15, 0.2) is 35.3 Å². The largest absolute Gasteiger partial charge is 0.360 e. The highest BCUT2D eigenvalue weighted by Gasteiger charge is 2.07. The Kier molecular flexibility index (Phi) is 2.87. The second-order valence-corrected chi connectivity index (χ2v) is 3.79.